The molecular weight excluding hydrogens is 376 g/mol. The lowest BCUT2D eigenvalue weighted by Gasteiger charge is -2.21. The van der Waals surface area contributed by atoms with Crippen molar-refractivity contribution in [2.45, 2.75) is 39.7 Å². The summed E-state index contributed by atoms with van der Waals surface area (Å²) in [5.41, 5.74) is 5.82. The van der Waals surface area contributed by atoms with Crippen LogP contribution in [0.4, 0.5) is 17.5 Å². The molecule has 0 aliphatic carbocycles. The Morgan fingerprint density at radius 2 is 1.90 bits per heavy atom. The molecule has 0 bridgehead atoms. The minimum absolute atomic E-state index is 0.0574. The molecule has 4 aromatic rings. The molecule has 0 unspecified atom stereocenters. The van der Waals surface area contributed by atoms with Crippen molar-refractivity contribution >= 4 is 28.6 Å². The van der Waals surface area contributed by atoms with Crippen LogP contribution >= 0.6 is 0 Å². The van der Waals surface area contributed by atoms with Gasteiger partial charge >= 0.3 is 0 Å². The van der Waals surface area contributed by atoms with Crippen LogP contribution in [0.5, 0.6) is 0 Å². The molecule has 0 fully saturated rings. The first-order valence-corrected chi connectivity index (χ1v) is 9.87. The summed E-state index contributed by atoms with van der Waals surface area (Å²) in [4.78, 5) is 21.9. The molecule has 4 rings (SSSR count). The first-order chi connectivity index (χ1) is 14.3. The van der Waals surface area contributed by atoms with Gasteiger partial charge in [-0.3, -0.25) is 0 Å². The number of benzene rings is 1. The van der Waals surface area contributed by atoms with E-state index in [1.54, 1.807) is 12.5 Å². The number of anilines is 3. The summed E-state index contributed by atoms with van der Waals surface area (Å²) in [6, 6.07) is 8.36. The topological polar surface area (TPSA) is 93.4 Å². The van der Waals surface area contributed by atoms with Crippen molar-refractivity contribution in [2.75, 3.05) is 10.6 Å². The molecule has 0 aliphatic heterocycles. The van der Waals surface area contributed by atoms with E-state index in [9.17, 15) is 0 Å². The van der Waals surface area contributed by atoms with Crippen molar-refractivity contribution < 1.29 is 0 Å². The van der Waals surface area contributed by atoms with Crippen molar-refractivity contribution in [2.24, 2.45) is 7.05 Å². The van der Waals surface area contributed by atoms with Gasteiger partial charge in [0.15, 0.2) is 11.5 Å². The first kappa shape index (κ1) is 19.8. The first-order valence-electron chi connectivity index (χ1n) is 9.87. The highest BCUT2D eigenvalue weighted by atomic mass is 15.2. The fraction of sp³-hybridized carbons (Fsp3) is 0.318. The molecule has 8 nitrogen and oxygen atoms in total. The second-order valence-electron chi connectivity index (χ2n) is 8.38. The third-order valence-electron chi connectivity index (χ3n) is 5.00. The maximum atomic E-state index is 4.74. The van der Waals surface area contributed by atoms with Crippen LogP contribution in [0.25, 0.3) is 11.2 Å². The SMILES string of the molecule is Cc1ccc(C(C)(C)C)cc1Nc1nc(NCc2ccncn2)nc2ncn(C)c12. The van der Waals surface area contributed by atoms with Crippen LogP contribution in [-0.2, 0) is 19.0 Å². The number of aryl methyl sites for hydroxylation is 2. The second kappa shape index (κ2) is 7.70. The van der Waals surface area contributed by atoms with Gasteiger partial charge in [0, 0.05) is 18.9 Å². The fourth-order valence-electron chi connectivity index (χ4n) is 3.17. The van der Waals surface area contributed by atoms with Crippen molar-refractivity contribution in [3.8, 4) is 0 Å². The Morgan fingerprint density at radius 3 is 2.63 bits per heavy atom. The predicted molar refractivity (Wildman–Crippen MR) is 119 cm³/mol. The maximum Gasteiger partial charge on any atom is 0.227 e. The van der Waals surface area contributed by atoms with Gasteiger partial charge in [0.2, 0.25) is 5.95 Å². The normalized spacial score (nSPS) is 11.6. The lowest BCUT2D eigenvalue weighted by molar-refractivity contribution is 0.590. The molecule has 0 atom stereocenters. The van der Waals surface area contributed by atoms with Gasteiger partial charge in [-0.05, 0) is 35.6 Å². The van der Waals surface area contributed by atoms with E-state index in [1.807, 2.05) is 17.7 Å². The Hall–Kier alpha value is -3.55. The van der Waals surface area contributed by atoms with Gasteiger partial charge in [-0.15, -0.1) is 0 Å². The number of rotatable bonds is 5. The fourth-order valence-corrected chi connectivity index (χ4v) is 3.17. The van der Waals surface area contributed by atoms with Gasteiger partial charge in [-0.1, -0.05) is 32.9 Å². The molecule has 0 spiro atoms. The van der Waals surface area contributed by atoms with Crippen LogP contribution in [0.15, 0.2) is 43.1 Å². The van der Waals surface area contributed by atoms with E-state index in [2.05, 4.69) is 76.5 Å². The van der Waals surface area contributed by atoms with Crippen LogP contribution < -0.4 is 10.6 Å². The maximum absolute atomic E-state index is 4.74. The molecule has 1 aromatic carbocycles. The summed E-state index contributed by atoms with van der Waals surface area (Å²) in [5, 5.41) is 6.75. The van der Waals surface area contributed by atoms with Crippen molar-refractivity contribution in [1.29, 1.82) is 0 Å². The summed E-state index contributed by atoms with van der Waals surface area (Å²) < 4.78 is 1.93. The van der Waals surface area contributed by atoms with E-state index in [4.69, 9.17) is 4.98 Å². The van der Waals surface area contributed by atoms with Crippen molar-refractivity contribution in [1.82, 2.24) is 29.5 Å². The zero-order valence-corrected chi connectivity index (χ0v) is 17.9. The summed E-state index contributed by atoms with van der Waals surface area (Å²) in [5.74, 6) is 1.20. The van der Waals surface area contributed by atoms with E-state index >= 15 is 0 Å². The van der Waals surface area contributed by atoms with Crippen LogP contribution in [0.2, 0.25) is 0 Å². The van der Waals surface area contributed by atoms with E-state index in [1.165, 1.54) is 11.9 Å². The lowest BCUT2D eigenvalue weighted by Crippen LogP contribution is -2.12. The van der Waals surface area contributed by atoms with Crippen LogP contribution in [-0.4, -0.2) is 29.5 Å². The average molecular weight is 403 g/mol. The van der Waals surface area contributed by atoms with Gasteiger partial charge in [0.1, 0.15) is 11.8 Å². The summed E-state index contributed by atoms with van der Waals surface area (Å²) in [6.45, 7) is 9.21. The molecule has 3 heterocycles. The Bertz CT molecular complexity index is 1180. The van der Waals surface area contributed by atoms with Gasteiger partial charge in [0.25, 0.3) is 0 Å². The van der Waals surface area contributed by atoms with Gasteiger partial charge < -0.3 is 15.2 Å². The quantitative estimate of drug-likeness (QED) is 0.519. The predicted octanol–water partition coefficient (Wildman–Crippen LogP) is 4.11. The monoisotopic (exact) mass is 402 g/mol. The smallest absolute Gasteiger partial charge is 0.227 e. The summed E-state index contributed by atoms with van der Waals surface area (Å²) >= 11 is 0. The van der Waals surface area contributed by atoms with Gasteiger partial charge in [0.05, 0.1) is 18.6 Å². The Balaban J connectivity index is 1.70. The molecule has 0 saturated carbocycles. The van der Waals surface area contributed by atoms with Gasteiger partial charge in [-0.2, -0.15) is 9.97 Å². The minimum Gasteiger partial charge on any atom is -0.348 e. The van der Waals surface area contributed by atoms with Crippen molar-refractivity contribution in [3.05, 3.63) is 59.9 Å². The van der Waals surface area contributed by atoms with Crippen LogP contribution in [0.3, 0.4) is 0 Å². The zero-order valence-electron chi connectivity index (χ0n) is 17.9. The molecular formula is C22H26N8. The minimum atomic E-state index is 0.0574. The largest absolute Gasteiger partial charge is 0.348 e. The number of fused-ring (bicyclic) bond motifs is 1. The molecule has 0 amide bonds. The molecule has 3 aromatic heterocycles. The van der Waals surface area contributed by atoms with E-state index in [0.717, 1.165) is 22.5 Å². The highest BCUT2D eigenvalue weighted by molar-refractivity contribution is 5.87. The molecule has 30 heavy (non-hydrogen) atoms. The van der Waals surface area contributed by atoms with E-state index in [-0.39, 0.29) is 5.41 Å². The second-order valence-corrected chi connectivity index (χ2v) is 8.38. The van der Waals surface area contributed by atoms with E-state index in [0.29, 0.717) is 24.0 Å². The summed E-state index contributed by atoms with van der Waals surface area (Å²) in [6.07, 6.45) is 4.99. The average Bonchev–Trinajstić information content (AvgIpc) is 3.09. The Labute approximate surface area is 175 Å². The molecule has 2 N–H and O–H groups in total. The van der Waals surface area contributed by atoms with E-state index < -0.39 is 0 Å². The molecule has 154 valence electrons. The number of nitrogens with zero attached hydrogens (tertiary/aromatic N) is 6. The summed E-state index contributed by atoms with van der Waals surface area (Å²) in [7, 11) is 1.94. The number of hydrogen-bond acceptors (Lipinski definition) is 7. The molecule has 8 heteroatoms. The Kier molecular flexibility index (Phi) is 5.07. The van der Waals surface area contributed by atoms with Gasteiger partial charge in [-0.25, -0.2) is 15.0 Å². The zero-order chi connectivity index (χ0) is 21.3. The molecule has 0 radical (unpaired) electrons. The lowest BCUT2D eigenvalue weighted by atomic mass is 9.86. The Morgan fingerprint density at radius 1 is 1.07 bits per heavy atom. The number of imidazole rings is 1. The number of nitrogens with one attached hydrogen (secondary N) is 2. The van der Waals surface area contributed by atoms with Crippen molar-refractivity contribution in [3.63, 3.8) is 0 Å². The van der Waals surface area contributed by atoms with Crippen LogP contribution in [0.1, 0.15) is 37.6 Å². The standard InChI is InChI=1S/C22H26N8/c1-14-6-7-15(22(2,3)4)10-17(14)27-20-18-19(26-13-30(18)5)28-21(29-20)24-11-16-8-9-23-12-25-16/h6-10,12-13H,11H2,1-5H3,(H2,24,27,28,29). The molecule has 0 saturated heterocycles. The highest BCUT2D eigenvalue weighted by Gasteiger charge is 2.17. The van der Waals surface area contributed by atoms with Crippen LogP contribution in [0, 0.1) is 6.92 Å². The highest BCUT2D eigenvalue weighted by Crippen LogP contribution is 2.30. The third kappa shape index (κ3) is 4.07. The molecule has 0 aliphatic rings. The number of aromatic nitrogens is 6. The number of hydrogen-bond donors (Lipinski definition) is 2. The third-order valence-corrected chi connectivity index (χ3v) is 5.00.